The number of quaternary nitrogens is 1. The molecule has 0 atom stereocenters. The molecule has 0 heterocycles. The van der Waals surface area contributed by atoms with Crippen LogP contribution in [-0.4, -0.2) is 44.1 Å². The third kappa shape index (κ3) is 3.41. The summed E-state index contributed by atoms with van der Waals surface area (Å²) < 4.78 is 6.68. The molecule has 0 amide bonds. The highest BCUT2D eigenvalue weighted by molar-refractivity contribution is 5.90. The molecule has 0 saturated carbocycles. The maximum absolute atomic E-state index is 11.6. The summed E-state index contributed by atoms with van der Waals surface area (Å²) in [6.07, 6.45) is 2.32. The van der Waals surface area contributed by atoms with Crippen LogP contribution in [0.5, 0.6) is 5.75 Å². The molecule has 2 aromatic rings. The standard InChI is InChI=1S/C21H24NO2/c1-4-17(23)15-22(2,3)12-13-24-21-11-7-10-19-18-9-6-5-8-16(18)14-20(19)21/h4-11H,1,12-15H2,2-3H3/q+1. The van der Waals surface area contributed by atoms with Crippen LogP contribution in [0.25, 0.3) is 11.1 Å². The highest BCUT2D eigenvalue weighted by Crippen LogP contribution is 2.40. The average molecular weight is 322 g/mol. The predicted octanol–water partition coefficient (Wildman–Crippen LogP) is 3.47. The number of carbonyl (C=O) groups excluding carboxylic acids is 1. The van der Waals surface area contributed by atoms with E-state index >= 15 is 0 Å². The highest BCUT2D eigenvalue weighted by atomic mass is 16.5. The SMILES string of the molecule is C=CC(=O)C[N+](C)(C)CCOc1cccc2c1Cc1ccccc1-2. The summed E-state index contributed by atoms with van der Waals surface area (Å²) in [7, 11) is 4.08. The summed E-state index contributed by atoms with van der Waals surface area (Å²) >= 11 is 0. The first-order valence-corrected chi connectivity index (χ1v) is 8.30. The molecule has 3 nitrogen and oxygen atoms in total. The van der Waals surface area contributed by atoms with Crippen LogP contribution in [0.2, 0.25) is 0 Å². The van der Waals surface area contributed by atoms with E-state index in [-0.39, 0.29) is 5.78 Å². The minimum atomic E-state index is 0.0658. The molecule has 0 spiro atoms. The van der Waals surface area contributed by atoms with Gasteiger partial charge in [0.15, 0.2) is 0 Å². The molecule has 124 valence electrons. The molecule has 1 aliphatic carbocycles. The molecule has 0 bridgehead atoms. The molecule has 24 heavy (non-hydrogen) atoms. The summed E-state index contributed by atoms with van der Waals surface area (Å²) in [4.78, 5) is 11.6. The van der Waals surface area contributed by atoms with Crippen molar-refractivity contribution in [3.8, 4) is 16.9 Å². The lowest BCUT2D eigenvalue weighted by atomic mass is 10.1. The number of benzene rings is 2. The molecule has 0 aliphatic heterocycles. The van der Waals surface area contributed by atoms with Gasteiger partial charge in [0.05, 0.1) is 14.1 Å². The molecule has 3 rings (SSSR count). The van der Waals surface area contributed by atoms with Crippen molar-refractivity contribution in [2.75, 3.05) is 33.8 Å². The Labute approximate surface area is 143 Å². The molecule has 1 aliphatic rings. The van der Waals surface area contributed by atoms with Crippen LogP contribution in [0, 0.1) is 0 Å². The van der Waals surface area contributed by atoms with Crippen LogP contribution in [0.4, 0.5) is 0 Å². The van der Waals surface area contributed by atoms with Gasteiger partial charge in [-0.15, -0.1) is 0 Å². The van der Waals surface area contributed by atoms with Gasteiger partial charge >= 0.3 is 0 Å². The Morgan fingerprint density at radius 3 is 2.71 bits per heavy atom. The van der Waals surface area contributed by atoms with Crippen LogP contribution in [-0.2, 0) is 11.2 Å². The number of nitrogens with zero attached hydrogens (tertiary/aromatic N) is 1. The van der Waals surface area contributed by atoms with Crippen molar-refractivity contribution >= 4 is 5.78 Å². The fraction of sp³-hybridized carbons (Fsp3) is 0.286. The maximum Gasteiger partial charge on any atom is 0.209 e. The van der Waals surface area contributed by atoms with E-state index in [2.05, 4.69) is 43.0 Å². The lowest BCUT2D eigenvalue weighted by molar-refractivity contribution is -0.882. The molecular formula is C21H24NO2+. The van der Waals surface area contributed by atoms with Crippen LogP contribution in [0.3, 0.4) is 0 Å². The van der Waals surface area contributed by atoms with Gasteiger partial charge in [0.25, 0.3) is 0 Å². The molecular weight excluding hydrogens is 298 g/mol. The Morgan fingerprint density at radius 1 is 1.17 bits per heavy atom. The first-order chi connectivity index (χ1) is 11.5. The van der Waals surface area contributed by atoms with Gasteiger partial charge in [0, 0.05) is 12.0 Å². The van der Waals surface area contributed by atoms with Gasteiger partial charge < -0.3 is 9.22 Å². The van der Waals surface area contributed by atoms with E-state index in [0.29, 0.717) is 17.6 Å². The normalized spacial score (nSPS) is 12.4. The van der Waals surface area contributed by atoms with Gasteiger partial charge in [-0.3, -0.25) is 4.79 Å². The molecule has 0 saturated heterocycles. The van der Waals surface area contributed by atoms with Crippen LogP contribution >= 0.6 is 0 Å². The minimum absolute atomic E-state index is 0.0658. The lowest BCUT2D eigenvalue weighted by Crippen LogP contribution is -2.46. The molecule has 0 aromatic heterocycles. The van der Waals surface area contributed by atoms with Gasteiger partial charge in [-0.1, -0.05) is 43.0 Å². The zero-order valence-corrected chi connectivity index (χ0v) is 14.4. The van der Waals surface area contributed by atoms with E-state index in [1.165, 1.54) is 28.3 Å². The monoisotopic (exact) mass is 322 g/mol. The summed E-state index contributed by atoms with van der Waals surface area (Å²) in [6, 6.07) is 14.8. The number of ketones is 1. The number of rotatable bonds is 7. The van der Waals surface area contributed by atoms with Crippen molar-refractivity contribution in [2.24, 2.45) is 0 Å². The number of ether oxygens (including phenoxy) is 1. The fourth-order valence-corrected chi connectivity index (χ4v) is 3.23. The molecule has 2 aromatic carbocycles. The summed E-state index contributed by atoms with van der Waals surface area (Å²) in [6.45, 7) is 5.35. The molecule has 0 N–H and O–H groups in total. The average Bonchev–Trinajstić information content (AvgIpc) is 2.94. The Morgan fingerprint density at radius 2 is 1.92 bits per heavy atom. The minimum Gasteiger partial charge on any atom is -0.487 e. The number of fused-ring (bicyclic) bond motifs is 3. The van der Waals surface area contributed by atoms with Gasteiger partial charge in [-0.05, 0) is 28.8 Å². The maximum atomic E-state index is 11.6. The lowest BCUT2D eigenvalue weighted by Gasteiger charge is -2.28. The van der Waals surface area contributed by atoms with Crippen molar-refractivity contribution in [3.05, 3.63) is 66.2 Å². The second-order valence-corrected chi connectivity index (χ2v) is 6.95. The zero-order chi connectivity index (χ0) is 17.2. The summed E-state index contributed by atoms with van der Waals surface area (Å²) in [5.41, 5.74) is 5.21. The van der Waals surface area contributed by atoms with Crippen molar-refractivity contribution in [3.63, 3.8) is 0 Å². The van der Waals surface area contributed by atoms with Gasteiger partial charge in [-0.2, -0.15) is 0 Å². The first-order valence-electron chi connectivity index (χ1n) is 8.30. The van der Waals surface area contributed by atoms with Crippen molar-refractivity contribution in [2.45, 2.75) is 6.42 Å². The van der Waals surface area contributed by atoms with Gasteiger partial charge in [-0.25, -0.2) is 0 Å². The largest absolute Gasteiger partial charge is 0.487 e. The van der Waals surface area contributed by atoms with Crippen LogP contribution in [0.1, 0.15) is 11.1 Å². The quantitative estimate of drug-likeness (QED) is 0.492. The number of hydrogen-bond donors (Lipinski definition) is 0. The van der Waals surface area contributed by atoms with Gasteiger partial charge in [0.2, 0.25) is 5.78 Å². The van der Waals surface area contributed by atoms with E-state index in [1.807, 2.05) is 20.2 Å². The number of carbonyl (C=O) groups is 1. The van der Waals surface area contributed by atoms with E-state index in [4.69, 9.17) is 4.74 Å². The Hall–Kier alpha value is -2.39. The van der Waals surface area contributed by atoms with Crippen molar-refractivity contribution in [1.82, 2.24) is 0 Å². The Bertz CT molecular complexity index is 777. The fourth-order valence-electron chi connectivity index (χ4n) is 3.23. The number of likely N-dealkylation sites (N-methyl/N-ethyl adjacent to an activating group) is 1. The second kappa shape index (κ2) is 6.62. The van der Waals surface area contributed by atoms with Crippen LogP contribution < -0.4 is 4.74 Å². The van der Waals surface area contributed by atoms with E-state index in [0.717, 1.165) is 18.7 Å². The molecule has 0 unspecified atom stereocenters. The first kappa shape index (κ1) is 16.5. The van der Waals surface area contributed by atoms with Gasteiger partial charge in [0.1, 0.15) is 25.4 Å². The van der Waals surface area contributed by atoms with Crippen molar-refractivity contribution in [1.29, 1.82) is 0 Å². The Balaban J connectivity index is 1.68. The van der Waals surface area contributed by atoms with Crippen LogP contribution in [0.15, 0.2) is 55.1 Å². The second-order valence-electron chi connectivity index (χ2n) is 6.95. The zero-order valence-electron chi connectivity index (χ0n) is 14.4. The highest BCUT2D eigenvalue weighted by Gasteiger charge is 2.22. The summed E-state index contributed by atoms with van der Waals surface area (Å²) in [5, 5.41) is 0. The van der Waals surface area contributed by atoms with Crippen molar-refractivity contribution < 1.29 is 14.0 Å². The molecule has 3 heteroatoms. The smallest absolute Gasteiger partial charge is 0.209 e. The van der Waals surface area contributed by atoms with E-state index in [9.17, 15) is 4.79 Å². The third-order valence-corrected chi connectivity index (χ3v) is 4.57. The van der Waals surface area contributed by atoms with E-state index < -0.39 is 0 Å². The summed E-state index contributed by atoms with van der Waals surface area (Å²) in [5.74, 6) is 1.02. The Kier molecular flexibility index (Phi) is 4.54. The topological polar surface area (TPSA) is 26.3 Å². The third-order valence-electron chi connectivity index (χ3n) is 4.57. The predicted molar refractivity (Wildman–Crippen MR) is 97.2 cm³/mol. The van der Waals surface area contributed by atoms with E-state index in [1.54, 1.807) is 0 Å². The number of hydrogen-bond acceptors (Lipinski definition) is 2. The molecule has 0 fully saturated rings. The molecule has 0 radical (unpaired) electrons.